The lowest BCUT2D eigenvalue weighted by molar-refractivity contribution is 0.176. The molecule has 0 unspecified atom stereocenters. The average Bonchev–Trinajstić information content (AvgIpc) is 3.59. The number of amides is 2. The van der Waals surface area contributed by atoms with Crippen LogP contribution in [0.15, 0.2) is 72.9 Å². The Morgan fingerprint density at radius 3 is 2.54 bits per heavy atom. The zero-order chi connectivity index (χ0) is 23.9. The monoisotopic (exact) mass is 465 g/mol. The van der Waals surface area contributed by atoms with Crippen molar-refractivity contribution in [2.75, 3.05) is 0 Å². The molecule has 0 bridgehead atoms. The highest BCUT2D eigenvalue weighted by Gasteiger charge is 2.36. The number of carbonyl (C=O) groups is 1. The summed E-state index contributed by atoms with van der Waals surface area (Å²) in [5.41, 5.74) is 6.38. The zero-order valence-electron chi connectivity index (χ0n) is 20.3. The van der Waals surface area contributed by atoms with Crippen molar-refractivity contribution in [2.45, 2.75) is 58.2 Å². The molecule has 3 heterocycles. The van der Waals surface area contributed by atoms with Gasteiger partial charge in [-0.15, -0.1) is 0 Å². The molecule has 4 aromatic rings. The molecule has 6 heteroatoms. The Morgan fingerprint density at radius 1 is 0.971 bits per heavy atom. The SMILES string of the molecule is Cc1cccc([C@H]2c3cccn3-c3c(c(C)nn3-c3ccccc3)CN2C(=O)NC2CCCC2)c1. The van der Waals surface area contributed by atoms with Gasteiger partial charge in [0, 0.05) is 17.8 Å². The van der Waals surface area contributed by atoms with E-state index in [-0.39, 0.29) is 18.1 Å². The molecule has 2 amide bonds. The maximum Gasteiger partial charge on any atom is 0.318 e. The minimum absolute atomic E-state index is 0.00383. The number of fused-ring (bicyclic) bond motifs is 3. The van der Waals surface area contributed by atoms with Crippen LogP contribution < -0.4 is 5.32 Å². The summed E-state index contributed by atoms with van der Waals surface area (Å²) in [6.07, 6.45) is 6.57. The van der Waals surface area contributed by atoms with Crippen molar-refractivity contribution in [3.8, 4) is 11.5 Å². The molecule has 2 aromatic heterocycles. The van der Waals surface area contributed by atoms with Gasteiger partial charge in [-0.25, -0.2) is 9.48 Å². The number of hydrogen-bond donors (Lipinski definition) is 1. The van der Waals surface area contributed by atoms with E-state index in [1.54, 1.807) is 0 Å². The Kier molecular flexibility index (Phi) is 5.44. The first-order valence-electron chi connectivity index (χ1n) is 12.6. The van der Waals surface area contributed by atoms with E-state index in [0.717, 1.165) is 46.9 Å². The standard InChI is InChI=1S/C29H31N5O/c1-20-10-8-11-22(18-20)27-26-16-9-17-32(26)28-25(19-33(27)29(35)30-23-12-6-7-13-23)21(2)31-34(28)24-14-4-3-5-15-24/h3-5,8-11,14-18,23,27H,6-7,12-13,19H2,1-2H3,(H,30,35)/t27-/m0/s1. The third-order valence-corrected chi connectivity index (χ3v) is 7.39. The average molecular weight is 466 g/mol. The molecule has 1 saturated carbocycles. The molecule has 1 atom stereocenters. The molecule has 178 valence electrons. The van der Waals surface area contributed by atoms with E-state index >= 15 is 0 Å². The van der Waals surface area contributed by atoms with Gasteiger partial charge in [0.05, 0.1) is 29.7 Å². The van der Waals surface area contributed by atoms with Crippen LogP contribution in [0.2, 0.25) is 0 Å². The number of benzene rings is 2. The highest BCUT2D eigenvalue weighted by molar-refractivity contribution is 5.76. The smallest absolute Gasteiger partial charge is 0.318 e. The third kappa shape index (κ3) is 3.83. The predicted molar refractivity (Wildman–Crippen MR) is 137 cm³/mol. The number of nitrogens with zero attached hydrogens (tertiary/aromatic N) is 4. The summed E-state index contributed by atoms with van der Waals surface area (Å²) >= 11 is 0. The van der Waals surface area contributed by atoms with Crippen molar-refractivity contribution in [1.29, 1.82) is 0 Å². The van der Waals surface area contributed by atoms with Gasteiger partial charge in [-0.05, 0) is 56.5 Å². The Balaban J connectivity index is 1.53. The minimum Gasteiger partial charge on any atom is -0.335 e. The highest BCUT2D eigenvalue weighted by Crippen LogP contribution is 2.38. The minimum atomic E-state index is -0.206. The number of nitrogens with one attached hydrogen (secondary N) is 1. The predicted octanol–water partition coefficient (Wildman–Crippen LogP) is 5.84. The maximum absolute atomic E-state index is 13.9. The molecule has 35 heavy (non-hydrogen) atoms. The van der Waals surface area contributed by atoms with Gasteiger partial charge in [-0.2, -0.15) is 5.10 Å². The molecular weight excluding hydrogens is 434 g/mol. The van der Waals surface area contributed by atoms with Crippen molar-refractivity contribution >= 4 is 6.03 Å². The maximum atomic E-state index is 13.9. The van der Waals surface area contributed by atoms with E-state index in [0.29, 0.717) is 6.54 Å². The number of urea groups is 1. The lowest BCUT2D eigenvalue weighted by atomic mass is 10.00. The lowest BCUT2D eigenvalue weighted by Gasteiger charge is -2.32. The van der Waals surface area contributed by atoms with E-state index in [1.807, 2.05) is 34.7 Å². The summed E-state index contributed by atoms with van der Waals surface area (Å²) < 4.78 is 4.23. The van der Waals surface area contributed by atoms with Gasteiger partial charge in [-0.1, -0.05) is 60.9 Å². The van der Waals surface area contributed by atoms with Crippen LogP contribution in [0.1, 0.15) is 59.8 Å². The van der Waals surface area contributed by atoms with Crippen LogP contribution in [-0.2, 0) is 6.54 Å². The molecule has 2 aliphatic rings. The Labute approximate surface area is 206 Å². The van der Waals surface area contributed by atoms with Crippen molar-refractivity contribution in [2.24, 2.45) is 0 Å². The molecule has 1 aliphatic carbocycles. The Hall–Kier alpha value is -3.80. The molecule has 1 aliphatic heterocycles. The Morgan fingerprint density at radius 2 is 1.77 bits per heavy atom. The summed E-state index contributed by atoms with van der Waals surface area (Å²) in [5, 5.41) is 8.28. The van der Waals surface area contributed by atoms with Crippen LogP contribution in [0.3, 0.4) is 0 Å². The molecule has 1 fully saturated rings. The summed E-state index contributed by atoms with van der Waals surface area (Å²) in [7, 11) is 0. The first kappa shape index (κ1) is 21.7. The molecule has 0 radical (unpaired) electrons. The summed E-state index contributed by atoms with van der Waals surface area (Å²) in [6, 6.07) is 23.0. The fourth-order valence-electron chi connectivity index (χ4n) is 5.67. The third-order valence-electron chi connectivity index (χ3n) is 7.39. The topological polar surface area (TPSA) is 55.1 Å². The molecule has 1 N–H and O–H groups in total. The molecule has 6 nitrogen and oxygen atoms in total. The summed E-state index contributed by atoms with van der Waals surface area (Å²) in [5.74, 6) is 1.00. The normalized spacial score (nSPS) is 17.7. The lowest BCUT2D eigenvalue weighted by Crippen LogP contribution is -2.45. The van der Waals surface area contributed by atoms with E-state index in [9.17, 15) is 4.79 Å². The van der Waals surface area contributed by atoms with E-state index in [4.69, 9.17) is 5.10 Å². The van der Waals surface area contributed by atoms with Gasteiger partial charge < -0.3 is 14.8 Å². The van der Waals surface area contributed by atoms with Crippen LogP contribution in [-0.4, -0.2) is 31.3 Å². The second kappa shape index (κ2) is 8.77. The van der Waals surface area contributed by atoms with Crippen LogP contribution in [0.25, 0.3) is 11.5 Å². The van der Waals surface area contributed by atoms with E-state index in [2.05, 4.69) is 71.5 Å². The van der Waals surface area contributed by atoms with Crippen molar-refractivity contribution in [3.05, 3.63) is 101 Å². The highest BCUT2D eigenvalue weighted by atomic mass is 16.2. The first-order valence-corrected chi connectivity index (χ1v) is 12.6. The number of rotatable bonds is 3. The molecule has 0 saturated heterocycles. The largest absolute Gasteiger partial charge is 0.335 e. The molecule has 2 aromatic carbocycles. The summed E-state index contributed by atoms with van der Waals surface area (Å²) in [4.78, 5) is 15.9. The zero-order valence-corrected chi connectivity index (χ0v) is 20.3. The molecular formula is C29H31N5O. The van der Waals surface area contributed by atoms with Crippen molar-refractivity contribution in [1.82, 2.24) is 24.6 Å². The van der Waals surface area contributed by atoms with Gasteiger partial charge in [0.1, 0.15) is 5.82 Å². The quantitative estimate of drug-likeness (QED) is 0.413. The second-order valence-electron chi connectivity index (χ2n) is 9.81. The number of aryl methyl sites for hydroxylation is 2. The molecule has 0 spiro atoms. The van der Waals surface area contributed by atoms with Crippen LogP contribution >= 0.6 is 0 Å². The Bertz CT molecular complexity index is 1360. The molecule has 6 rings (SSSR count). The fraction of sp³-hybridized carbons (Fsp3) is 0.310. The number of carbonyl (C=O) groups excluding carboxylic acids is 1. The first-order chi connectivity index (χ1) is 17.1. The van der Waals surface area contributed by atoms with Crippen LogP contribution in [0.5, 0.6) is 0 Å². The second-order valence-corrected chi connectivity index (χ2v) is 9.81. The summed E-state index contributed by atoms with van der Waals surface area (Å²) in [6.45, 7) is 4.64. The van der Waals surface area contributed by atoms with Gasteiger partial charge >= 0.3 is 6.03 Å². The van der Waals surface area contributed by atoms with E-state index < -0.39 is 0 Å². The van der Waals surface area contributed by atoms with Crippen LogP contribution in [0, 0.1) is 13.8 Å². The van der Waals surface area contributed by atoms with E-state index in [1.165, 1.54) is 18.4 Å². The van der Waals surface area contributed by atoms with Gasteiger partial charge in [-0.3, -0.25) is 0 Å². The van der Waals surface area contributed by atoms with Crippen molar-refractivity contribution in [3.63, 3.8) is 0 Å². The number of hydrogen-bond acceptors (Lipinski definition) is 2. The number of aromatic nitrogens is 3. The van der Waals surface area contributed by atoms with Gasteiger partial charge in [0.2, 0.25) is 0 Å². The fourth-order valence-corrected chi connectivity index (χ4v) is 5.67. The van der Waals surface area contributed by atoms with Gasteiger partial charge in [0.25, 0.3) is 0 Å². The number of para-hydroxylation sites is 1. The van der Waals surface area contributed by atoms with Crippen LogP contribution in [0.4, 0.5) is 4.79 Å². The van der Waals surface area contributed by atoms with Gasteiger partial charge in [0.15, 0.2) is 0 Å². The van der Waals surface area contributed by atoms with Crippen molar-refractivity contribution < 1.29 is 4.79 Å².